The molecule has 0 aromatic heterocycles. The summed E-state index contributed by atoms with van der Waals surface area (Å²) in [6, 6.07) is 5.39. The van der Waals surface area contributed by atoms with E-state index in [1.54, 1.807) is 11.1 Å². The Labute approximate surface area is 99.3 Å². The lowest BCUT2D eigenvalue weighted by Crippen LogP contribution is -2.21. The molecule has 0 radical (unpaired) electrons. The molecular formula is C15H23N. The van der Waals surface area contributed by atoms with Crippen LogP contribution in [0.15, 0.2) is 12.1 Å². The van der Waals surface area contributed by atoms with E-state index in [0.717, 1.165) is 6.54 Å². The van der Waals surface area contributed by atoms with Gasteiger partial charge in [0.15, 0.2) is 0 Å². The van der Waals surface area contributed by atoms with Gasteiger partial charge < -0.3 is 5.32 Å². The minimum absolute atomic E-state index is 0.585. The Kier molecular flexibility index (Phi) is 3.65. The number of hydrogen-bond donors (Lipinski definition) is 1. The minimum atomic E-state index is 0.585. The molecule has 0 heterocycles. The predicted octanol–water partition coefficient (Wildman–Crippen LogP) is 3.68. The van der Waals surface area contributed by atoms with Crippen LogP contribution in [0.2, 0.25) is 0 Å². The number of aryl methyl sites for hydroxylation is 3. The molecule has 0 bridgehead atoms. The Morgan fingerprint density at radius 2 is 1.94 bits per heavy atom. The van der Waals surface area contributed by atoms with Crippen LogP contribution in [0.3, 0.4) is 0 Å². The molecule has 16 heavy (non-hydrogen) atoms. The second-order valence-corrected chi connectivity index (χ2v) is 4.99. The monoisotopic (exact) mass is 217 g/mol. The summed E-state index contributed by atoms with van der Waals surface area (Å²) in [7, 11) is 0. The van der Waals surface area contributed by atoms with E-state index in [-0.39, 0.29) is 0 Å². The van der Waals surface area contributed by atoms with Gasteiger partial charge in [0.2, 0.25) is 0 Å². The maximum absolute atomic E-state index is 3.63. The number of fused-ring (bicyclic) bond motifs is 1. The van der Waals surface area contributed by atoms with E-state index in [4.69, 9.17) is 0 Å². The van der Waals surface area contributed by atoms with Crippen LogP contribution in [0.5, 0.6) is 0 Å². The van der Waals surface area contributed by atoms with Gasteiger partial charge in [-0.15, -0.1) is 0 Å². The highest BCUT2D eigenvalue weighted by Crippen LogP contribution is 2.30. The van der Waals surface area contributed by atoms with Gasteiger partial charge in [-0.25, -0.2) is 0 Å². The Hall–Kier alpha value is -0.820. The molecule has 1 aromatic rings. The first-order valence-corrected chi connectivity index (χ1v) is 6.55. The second kappa shape index (κ2) is 5.01. The molecule has 1 aliphatic rings. The maximum Gasteiger partial charge on any atom is 0.0322 e. The third-order valence-electron chi connectivity index (χ3n) is 3.77. The summed E-state index contributed by atoms with van der Waals surface area (Å²) in [5.74, 6) is 0. The molecule has 1 aliphatic carbocycles. The molecule has 2 rings (SSSR count). The molecule has 0 aliphatic heterocycles. The van der Waals surface area contributed by atoms with Crippen LogP contribution in [-0.2, 0) is 6.42 Å². The molecule has 0 amide bonds. The Bertz CT molecular complexity index is 368. The Morgan fingerprint density at radius 3 is 2.69 bits per heavy atom. The van der Waals surface area contributed by atoms with E-state index in [2.05, 4.69) is 38.2 Å². The van der Waals surface area contributed by atoms with Gasteiger partial charge in [0.05, 0.1) is 0 Å². The van der Waals surface area contributed by atoms with Crippen molar-refractivity contribution in [2.45, 2.75) is 52.5 Å². The molecule has 0 saturated carbocycles. The van der Waals surface area contributed by atoms with Crippen molar-refractivity contribution in [3.05, 3.63) is 34.4 Å². The predicted molar refractivity (Wildman–Crippen MR) is 69.9 cm³/mol. The molecule has 1 atom stereocenters. The zero-order valence-corrected chi connectivity index (χ0v) is 10.8. The van der Waals surface area contributed by atoms with Crippen LogP contribution >= 0.6 is 0 Å². The van der Waals surface area contributed by atoms with Crippen molar-refractivity contribution in [1.29, 1.82) is 0 Å². The van der Waals surface area contributed by atoms with E-state index in [1.165, 1.54) is 36.8 Å². The SMILES string of the molecule is CCNC1CCCCc2cc(C)c(C)cc21. The summed E-state index contributed by atoms with van der Waals surface area (Å²) in [5.41, 5.74) is 6.01. The summed E-state index contributed by atoms with van der Waals surface area (Å²) < 4.78 is 0. The lowest BCUT2D eigenvalue weighted by atomic mass is 9.94. The number of nitrogens with one attached hydrogen (secondary N) is 1. The van der Waals surface area contributed by atoms with Crippen LogP contribution in [0.1, 0.15) is 54.5 Å². The second-order valence-electron chi connectivity index (χ2n) is 4.99. The zero-order valence-electron chi connectivity index (χ0n) is 10.8. The first kappa shape index (κ1) is 11.7. The molecule has 0 fully saturated rings. The lowest BCUT2D eigenvalue weighted by molar-refractivity contribution is 0.503. The standard InChI is InChI=1S/C15H23N/c1-4-16-15-8-6-5-7-13-9-11(2)12(3)10-14(13)15/h9-10,15-16H,4-8H2,1-3H3. The number of rotatable bonds is 2. The highest BCUT2D eigenvalue weighted by atomic mass is 14.9. The molecule has 1 heteroatoms. The molecule has 0 saturated heterocycles. The molecule has 88 valence electrons. The van der Waals surface area contributed by atoms with Crippen molar-refractivity contribution in [1.82, 2.24) is 5.32 Å². The lowest BCUT2D eigenvalue weighted by Gasteiger charge is -2.20. The third kappa shape index (κ3) is 2.30. The normalized spacial score (nSPS) is 20.3. The van der Waals surface area contributed by atoms with Gasteiger partial charge >= 0.3 is 0 Å². The van der Waals surface area contributed by atoms with Gasteiger partial charge in [0, 0.05) is 6.04 Å². The van der Waals surface area contributed by atoms with Crippen LogP contribution in [0, 0.1) is 13.8 Å². The quantitative estimate of drug-likeness (QED) is 0.745. The average molecular weight is 217 g/mol. The highest BCUT2D eigenvalue weighted by Gasteiger charge is 2.18. The summed E-state index contributed by atoms with van der Waals surface area (Å²) >= 11 is 0. The van der Waals surface area contributed by atoms with E-state index in [0.29, 0.717) is 6.04 Å². The van der Waals surface area contributed by atoms with E-state index in [9.17, 15) is 0 Å². The summed E-state index contributed by atoms with van der Waals surface area (Å²) in [4.78, 5) is 0. The van der Waals surface area contributed by atoms with Crippen LogP contribution in [0.25, 0.3) is 0 Å². The summed E-state index contributed by atoms with van der Waals surface area (Å²) in [6.07, 6.45) is 5.25. The van der Waals surface area contributed by atoms with Gasteiger partial charge in [0.1, 0.15) is 0 Å². The fourth-order valence-corrected chi connectivity index (χ4v) is 2.72. The summed E-state index contributed by atoms with van der Waals surface area (Å²) in [6.45, 7) is 7.72. The zero-order chi connectivity index (χ0) is 11.5. The minimum Gasteiger partial charge on any atom is -0.310 e. The van der Waals surface area contributed by atoms with Crippen LogP contribution in [-0.4, -0.2) is 6.54 Å². The van der Waals surface area contributed by atoms with Crippen LogP contribution < -0.4 is 5.32 Å². The smallest absolute Gasteiger partial charge is 0.0322 e. The maximum atomic E-state index is 3.63. The van der Waals surface area contributed by atoms with Crippen molar-refractivity contribution in [3.8, 4) is 0 Å². The highest BCUT2D eigenvalue weighted by molar-refractivity contribution is 5.39. The van der Waals surface area contributed by atoms with E-state index < -0.39 is 0 Å². The largest absolute Gasteiger partial charge is 0.310 e. The van der Waals surface area contributed by atoms with Crippen molar-refractivity contribution >= 4 is 0 Å². The van der Waals surface area contributed by atoms with Crippen molar-refractivity contribution in [3.63, 3.8) is 0 Å². The fourth-order valence-electron chi connectivity index (χ4n) is 2.72. The Morgan fingerprint density at radius 1 is 1.19 bits per heavy atom. The van der Waals surface area contributed by atoms with Crippen molar-refractivity contribution < 1.29 is 0 Å². The van der Waals surface area contributed by atoms with Gasteiger partial charge in [-0.3, -0.25) is 0 Å². The molecule has 1 unspecified atom stereocenters. The van der Waals surface area contributed by atoms with Crippen molar-refractivity contribution in [2.75, 3.05) is 6.54 Å². The van der Waals surface area contributed by atoms with Gasteiger partial charge in [-0.1, -0.05) is 25.5 Å². The van der Waals surface area contributed by atoms with Gasteiger partial charge in [-0.05, 0) is 61.9 Å². The molecule has 1 aromatic carbocycles. The molecule has 1 nitrogen and oxygen atoms in total. The number of benzene rings is 1. The first-order chi connectivity index (χ1) is 7.72. The van der Waals surface area contributed by atoms with Crippen molar-refractivity contribution in [2.24, 2.45) is 0 Å². The topological polar surface area (TPSA) is 12.0 Å². The molecule has 0 spiro atoms. The van der Waals surface area contributed by atoms with E-state index >= 15 is 0 Å². The molecule has 1 N–H and O–H groups in total. The van der Waals surface area contributed by atoms with E-state index in [1.807, 2.05) is 0 Å². The number of hydrogen-bond acceptors (Lipinski definition) is 1. The average Bonchev–Trinajstić information content (AvgIpc) is 2.44. The van der Waals surface area contributed by atoms with Gasteiger partial charge in [-0.2, -0.15) is 0 Å². The summed E-state index contributed by atoms with van der Waals surface area (Å²) in [5, 5.41) is 3.63. The van der Waals surface area contributed by atoms with Crippen LogP contribution in [0.4, 0.5) is 0 Å². The first-order valence-electron chi connectivity index (χ1n) is 6.55. The molecular weight excluding hydrogens is 194 g/mol. The fraction of sp³-hybridized carbons (Fsp3) is 0.600. The third-order valence-corrected chi connectivity index (χ3v) is 3.77. The Balaban J connectivity index is 2.39. The van der Waals surface area contributed by atoms with Gasteiger partial charge in [0.25, 0.3) is 0 Å².